The third kappa shape index (κ3) is 0.884. The lowest BCUT2D eigenvalue weighted by atomic mass is 10.00. The van der Waals surface area contributed by atoms with Gasteiger partial charge in [-0.15, -0.1) is 0 Å². The van der Waals surface area contributed by atoms with Crippen molar-refractivity contribution >= 4 is 22.4 Å². The molecule has 0 N–H and O–H groups in total. The van der Waals surface area contributed by atoms with Crippen LogP contribution < -0.4 is 0 Å². The Labute approximate surface area is 83.9 Å². The van der Waals surface area contributed by atoms with Crippen molar-refractivity contribution in [3.8, 4) is 0 Å². The summed E-state index contributed by atoms with van der Waals surface area (Å²) < 4.78 is 0. The third-order valence-corrected chi connectivity index (χ3v) is 2.95. The maximum absolute atomic E-state index is 2.28. The largest absolute Gasteiger partial charge is 0.0610 e. The molecule has 0 amide bonds. The van der Waals surface area contributed by atoms with E-state index < -0.39 is 0 Å². The molecule has 0 fully saturated rings. The molecule has 2 aromatic carbocycles. The van der Waals surface area contributed by atoms with Gasteiger partial charge in [0.2, 0.25) is 0 Å². The SMILES string of the molecule is CC1=Cc2cccc3cc(C)cc1c23. The molecule has 0 heterocycles. The Kier molecular flexibility index (Phi) is 1.38. The van der Waals surface area contributed by atoms with E-state index in [9.17, 15) is 0 Å². The van der Waals surface area contributed by atoms with E-state index in [4.69, 9.17) is 0 Å². The lowest BCUT2D eigenvalue weighted by Gasteiger charge is -2.04. The molecule has 0 atom stereocenters. The molecule has 0 radical (unpaired) electrons. The van der Waals surface area contributed by atoms with Crippen LogP contribution in [0.4, 0.5) is 0 Å². The predicted octanol–water partition coefficient (Wildman–Crippen LogP) is 4.02. The molecule has 0 spiro atoms. The Balaban J connectivity index is 2.57. The fourth-order valence-electron chi connectivity index (χ4n) is 2.35. The molecule has 0 heteroatoms. The molecular weight excluding hydrogens is 168 g/mol. The number of hydrogen-bond acceptors (Lipinski definition) is 0. The Morgan fingerprint density at radius 2 is 1.86 bits per heavy atom. The Bertz CT molecular complexity index is 560. The first kappa shape index (κ1) is 7.81. The lowest BCUT2D eigenvalue weighted by Crippen LogP contribution is -1.82. The maximum Gasteiger partial charge on any atom is -0.00359 e. The predicted molar refractivity (Wildman–Crippen MR) is 62.2 cm³/mol. The van der Waals surface area contributed by atoms with Crippen LogP contribution >= 0.6 is 0 Å². The number of rotatable bonds is 0. The molecule has 0 saturated heterocycles. The summed E-state index contributed by atoms with van der Waals surface area (Å²) >= 11 is 0. The van der Waals surface area contributed by atoms with Crippen molar-refractivity contribution in [2.75, 3.05) is 0 Å². The molecule has 0 bridgehead atoms. The van der Waals surface area contributed by atoms with E-state index in [1.54, 1.807) is 0 Å². The molecule has 68 valence electrons. The van der Waals surface area contributed by atoms with E-state index in [1.165, 1.54) is 33.0 Å². The fraction of sp³-hybridized carbons (Fsp3) is 0.143. The maximum atomic E-state index is 2.28. The van der Waals surface area contributed by atoms with Crippen LogP contribution in [0.2, 0.25) is 0 Å². The van der Waals surface area contributed by atoms with E-state index in [0.29, 0.717) is 0 Å². The van der Waals surface area contributed by atoms with Crippen LogP contribution in [0.3, 0.4) is 0 Å². The minimum Gasteiger partial charge on any atom is -0.0610 e. The minimum absolute atomic E-state index is 1.35. The smallest absolute Gasteiger partial charge is 0.00359 e. The molecule has 1 aliphatic carbocycles. The summed E-state index contributed by atoms with van der Waals surface area (Å²) in [6.07, 6.45) is 2.27. The van der Waals surface area contributed by atoms with Gasteiger partial charge in [-0.3, -0.25) is 0 Å². The highest BCUT2D eigenvalue weighted by Crippen LogP contribution is 2.36. The zero-order valence-electron chi connectivity index (χ0n) is 8.46. The number of allylic oxidation sites excluding steroid dienone is 1. The standard InChI is InChI=1S/C14H12/c1-9-6-11-4-3-5-12-8-10(2)13(7-9)14(11)12/h3-8H,1-2H3. The molecule has 2 aromatic rings. The first-order valence-electron chi connectivity index (χ1n) is 4.98. The van der Waals surface area contributed by atoms with E-state index >= 15 is 0 Å². The minimum atomic E-state index is 1.35. The molecule has 0 unspecified atom stereocenters. The van der Waals surface area contributed by atoms with Crippen LogP contribution in [0.5, 0.6) is 0 Å². The van der Waals surface area contributed by atoms with Gasteiger partial charge in [0.1, 0.15) is 0 Å². The van der Waals surface area contributed by atoms with Crippen LogP contribution in [0.1, 0.15) is 23.6 Å². The second-order valence-corrected chi connectivity index (χ2v) is 4.09. The van der Waals surface area contributed by atoms with Crippen molar-refractivity contribution in [3.63, 3.8) is 0 Å². The van der Waals surface area contributed by atoms with Gasteiger partial charge in [0.25, 0.3) is 0 Å². The Hall–Kier alpha value is -1.56. The van der Waals surface area contributed by atoms with Crippen molar-refractivity contribution in [1.29, 1.82) is 0 Å². The number of aryl methyl sites for hydroxylation is 1. The Morgan fingerprint density at radius 3 is 2.71 bits per heavy atom. The first-order chi connectivity index (χ1) is 6.75. The first-order valence-corrected chi connectivity index (χ1v) is 4.98. The van der Waals surface area contributed by atoms with Crippen LogP contribution in [0.25, 0.3) is 22.4 Å². The molecular formula is C14H12. The summed E-state index contributed by atoms with van der Waals surface area (Å²) in [5, 5.41) is 2.79. The summed E-state index contributed by atoms with van der Waals surface area (Å²) in [6, 6.07) is 11.1. The normalized spacial score (nSPS) is 13.4. The summed E-state index contributed by atoms with van der Waals surface area (Å²) in [5.41, 5.74) is 5.52. The van der Waals surface area contributed by atoms with Crippen molar-refractivity contribution < 1.29 is 0 Å². The molecule has 0 saturated carbocycles. The second-order valence-electron chi connectivity index (χ2n) is 4.09. The Morgan fingerprint density at radius 1 is 1.00 bits per heavy atom. The second kappa shape index (κ2) is 2.48. The van der Waals surface area contributed by atoms with Gasteiger partial charge in [-0.1, -0.05) is 36.4 Å². The average Bonchev–Trinajstić information content (AvgIpc) is 2.45. The van der Waals surface area contributed by atoms with Crippen molar-refractivity contribution in [2.24, 2.45) is 0 Å². The third-order valence-electron chi connectivity index (χ3n) is 2.95. The number of hydrogen-bond donors (Lipinski definition) is 0. The van der Waals surface area contributed by atoms with Crippen molar-refractivity contribution in [3.05, 3.63) is 47.0 Å². The highest BCUT2D eigenvalue weighted by molar-refractivity contribution is 6.08. The van der Waals surface area contributed by atoms with Crippen molar-refractivity contribution in [2.45, 2.75) is 13.8 Å². The van der Waals surface area contributed by atoms with E-state index in [2.05, 4.69) is 50.3 Å². The molecule has 0 nitrogen and oxygen atoms in total. The van der Waals surface area contributed by atoms with Gasteiger partial charge < -0.3 is 0 Å². The van der Waals surface area contributed by atoms with Crippen LogP contribution in [0, 0.1) is 6.92 Å². The molecule has 0 aromatic heterocycles. The molecule has 14 heavy (non-hydrogen) atoms. The van der Waals surface area contributed by atoms with Gasteiger partial charge in [0.05, 0.1) is 0 Å². The summed E-state index contributed by atoms with van der Waals surface area (Å²) in [5.74, 6) is 0. The highest BCUT2D eigenvalue weighted by atomic mass is 14.2. The lowest BCUT2D eigenvalue weighted by molar-refractivity contribution is 1.48. The van der Waals surface area contributed by atoms with E-state index in [1.807, 2.05) is 0 Å². The van der Waals surface area contributed by atoms with Gasteiger partial charge in [-0.2, -0.15) is 0 Å². The zero-order valence-corrected chi connectivity index (χ0v) is 8.46. The van der Waals surface area contributed by atoms with Gasteiger partial charge in [-0.05, 0) is 46.9 Å². The topological polar surface area (TPSA) is 0 Å². The average molecular weight is 180 g/mol. The van der Waals surface area contributed by atoms with Crippen LogP contribution in [-0.2, 0) is 0 Å². The van der Waals surface area contributed by atoms with Crippen molar-refractivity contribution in [1.82, 2.24) is 0 Å². The summed E-state index contributed by atoms with van der Waals surface area (Å²) in [4.78, 5) is 0. The zero-order chi connectivity index (χ0) is 9.71. The van der Waals surface area contributed by atoms with Crippen LogP contribution in [-0.4, -0.2) is 0 Å². The highest BCUT2D eigenvalue weighted by Gasteiger charge is 2.13. The fourth-order valence-corrected chi connectivity index (χ4v) is 2.35. The van der Waals surface area contributed by atoms with Gasteiger partial charge in [0, 0.05) is 0 Å². The van der Waals surface area contributed by atoms with Gasteiger partial charge in [0.15, 0.2) is 0 Å². The quantitative estimate of drug-likeness (QED) is 0.574. The monoisotopic (exact) mass is 180 g/mol. The van der Waals surface area contributed by atoms with E-state index in [-0.39, 0.29) is 0 Å². The molecule has 0 aliphatic heterocycles. The van der Waals surface area contributed by atoms with Crippen LogP contribution in [0.15, 0.2) is 30.3 Å². The summed E-state index contributed by atoms with van der Waals surface area (Å²) in [6.45, 7) is 4.35. The van der Waals surface area contributed by atoms with Gasteiger partial charge in [-0.25, -0.2) is 0 Å². The van der Waals surface area contributed by atoms with E-state index in [0.717, 1.165) is 0 Å². The summed E-state index contributed by atoms with van der Waals surface area (Å²) in [7, 11) is 0. The molecule has 1 aliphatic rings. The number of benzene rings is 2. The van der Waals surface area contributed by atoms with Gasteiger partial charge >= 0.3 is 0 Å². The molecule has 3 rings (SSSR count).